The molecule has 0 aliphatic carbocycles. The van der Waals surface area contributed by atoms with Gasteiger partial charge < -0.3 is 0 Å². The van der Waals surface area contributed by atoms with Crippen LogP contribution in [0.25, 0.3) is 0 Å². The molecule has 1 nitrogen and oxygen atoms in total. The third-order valence-corrected chi connectivity index (χ3v) is 3.33. The highest BCUT2D eigenvalue weighted by molar-refractivity contribution is 6.11. The van der Waals surface area contributed by atoms with Gasteiger partial charge in [0, 0.05) is 5.56 Å². The zero-order valence-electron chi connectivity index (χ0n) is 11.0. The summed E-state index contributed by atoms with van der Waals surface area (Å²) in [4.78, 5) is 4.42. The van der Waals surface area contributed by atoms with Crippen LogP contribution < -0.4 is 0 Å². The smallest absolute Gasteiger partial charge is 0.132 e. The molecular weight excluding hydrogens is 225 g/mol. The number of rotatable bonds is 4. The van der Waals surface area contributed by atoms with Crippen LogP contribution in [0.15, 0.2) is 47.0 Å². The van der Waals surface area contributed by atoms with Crippen LogP contribution in [0.5, 0.6) is 0 Å². The maximum atomic E-state index is 13.8. The lowest BCUT2D eigenvalue weighted by Gasteiger charge is -2.04. The first-order chi connectivity index (χ1) is 8.65. The van der Waals surface area contributed by atoms with Gasteiger partial charge in [0.05, 0.1) is 12.3 Å². The highest BCUT2D eigenvalue weighted by Gasteiger charge is 2.15. The van der Waals surface area contributed by atoms with Crippen molar-refractivity contribution >= 4 is 5.71 Å². The summed E-state index contributed by atoms with van der Waals surface area (Å²) in [5.74, 6) is -0.203. The predicted octanol–water partition coefficient (Wildman–Crippen LogP) is 4.08. The van der Waals surface area contributed by atoms with Crippen molar-refractivity contribution in [2.75, 3.05) is 6.54 Å². The van der Waals surface area contributed by atoms with E-state index in [1.807, 2.05) is 18.2 Å². The van der Waals surface area contributed by atoms with Crippen molar-refractivity contribution in [1.29, 1.82) is 0 Å². The Kier molecular flexibility index (Phi) is 3.75. The second-order valence-electron chi connectivity index (χ2n) is 4.50. The Labute approximate surface area is 108 Å². The molecule has 0 bridgehead atoms. The zero-order chi connectivity index (χ0) is 13.1. The summed E-state index contributed by atoms with van der Waals surface area (Å²) < 4.78 is 13.8. The summed E-state index contributed by atoms with van der Waals surface area (Å²) in [7, 11) is 0. The molecule has 1 aromatic rings. The van der Waals surface area contributed by atoms with E-state index in [4.69, 9.17) is 0 Å². The number of nitrogens with zero attached hydrogens (tertiary/aromatic N) is 1. The second-order valence-corrected chi connectivity index (χ2v) is 4.50. The third-order valence-electron chi connectivity index (χ3n) is 3.33. The van der Waals surface area contributed by atoms with Gasteiger partial charge in [-0.1, -0.05) is 32.1 Å². The van der Waals surface area contributed by atoms with Crippen molar-refractivity contribution in [3.63, 3.8) is 0 Å². The van der Waals surface area contributed by atoms with Crippen molar-refractivity contribution < 1.29 is 4.39 Å². The Morgan fingerprint density at radius 3 is 2.83 bits per heavy atom. The number of halogens is 1. The molecule has 0 saturated carbocycles. The minimum atomic E-state index is -0.203. The summed E-state index contributed by atoms with van der Waals surface area (Å²) >= 11 is 0. The summed E-state index contributed by atoms with van der Waals surface area (Å²) in [6.07, 6.45) is 3.77. The van der Waals surface area contributed by atoms with Crippen LogP contribution in [0.2, 0.25) is 0 Å². The molecule has 0 unspecified atom stereocenters. The molecule has 1 heterocycles. The van der Waals surface area contributed by atoms with Crippen LogP contribution in [-0.4, -0.2) is 12.3 Å². The Balaban J connectivity index is 2.33. The molecule has 0 saturated heterocycles. The lowest BCUT2D eigenvalue weighted by atomic mass is 10.0. The molecule has 0 N–H and O–H groups in total. The average molecular weight is 243 g/mol. The first-order valence-electron chi connectivity index (χ1n) is 6.37. The average Bonchev–Trinajstić information content (AvgIpc) is 2.88. The Hall–Kier alpha value is -1.70. The van der Waals surface area contributed by atoms with Crippen molar-refractivity contribution in [1.82, 2.24) is 0 Å². The number of benzene rings is 1. The molecule has 1 aliphatic rings. The van der Waals surface area contributed by atoms with Gasteiger partial charge in [-0.05, 0) is 42.2 Å². The van der Waals surface area contributed by atoms with Crippen LogP contribution in [-0.2, 0) is 6.42 Å². The molecule has 18 heavy (non-hydrogen) atoms. The Morgan fingerprint density at radius 2 is 2.17 bits per heavy atom. The zero-order valence-corrected chi connectivity index (χ0v) is 11.0. The molecule has 1 aliphatic heterocycles. The van der Waals surface area contributed by atoms with Crippen LogP contribution in [0.3, 0.4) is 0 Å². The van der Waals surface area contributed by atoms with Crippen LogP contribution >= 0.6 is 0 Å². The van der Waals surface area contributed by atoms with Gasteiger partial charge in [0.1, 0.15) is 5.82 Å². The van der Waals surface area contributed by atoms with Gasteiger partial charge in [-0.3, -0.25) is 4.99 Å². The molecule has 0 atom stereocenters. The molecule has 94 valence electrons. The molecule has 0 aromatic heterocycles. The van der Waals surface area contributed by atoms with Gasteiger partial charge in [-0.2, -0.15) is 0 Å². The first-order valence-corrected chi connectivity index (χ1v) is 6.37. The van der Waals surface area contributed by atoms with Crippen LogP contribution in [0.1, 0.15) is 31.4 Å². The normalized spacial score (nSPS) is 14.4. The summed E-state index contributed by atoms with van der Waals surface area (Å²) in [5, 5.41) is 0. The van der Waals surface area contributed by atoms with E-state index in [0.29, 0.717) is 12.1 Å². The minimum Gasteiger partial charge on any atom is -0.280 e. The molecule has 2 rings (SSSR count). The number of hydrogen-bond acceptors (Lipinski definition) is 1. The highest BCUT2D eigenvalue weighted by atomic mass is 19.1. The maximum Gasteiger partial charge on any atom is 0.132 e. The monoisotopic (exact) mass is 243 g/mol. The van der Waals surface area contributed by atoms with E-state index in [1.54, 1.807) is 0 Å². The molecule has 2 heteroatoms. The van der Waals surface area contributed by atoms with Crippen molar-refractivity contribution in [2.45, 2.75) is 26.7 Å². The molecule has 0 fully saturated rings. The van der Waals surface area contributed by atoms with E-state index in [2.05, 4.69) is 25.4 Å². The van der Waals surface area contributed by atoms with E-state index in [9.17, 15) is 4.39 Å². The molecule has 1 aromatic carbocycles. The number of aryl methyl sites for hydroxylation is 1. The summed E-state index contributed by atoms with van der Waals surface area (Å²) in [5.41, 5.74) is 4.68. The second kappa shape index (κ2) is 5.30. The Bertz CT molecular complexity index is 538. The van der Waals surface area contributed by atoms with E-state index in [1.165, 1.54) is 6.07 Å². The summed E-state index contributed by atoms with van der Waals surface area (Å²) in [6, 6.07) is 5.24. The SMILES string of the molecule is C=C(CC)C1=CC(c2cc(CC)ccc2F)=NC1. The fraction of sp³-hybridized carbons (Fsp3) is 0.312. The standard InChI is InChI=1S/C16H18FN/c1-4-11(3)13-9-16(18-10-13)14-8-12(5-2)6-7-15(14)17/h6-9H,3-5,10H2,1-2H3. The molecule has 0 spiro atoms. The lowest BCUT2D eigenvalue weighted by molar-refractivity contribution is 0.624. The quantitative estimate of drug-likeness (QED) is 0.755. The van der Waals surface area contributed by atoms with Gasteiger partial charge in [0.2, 0.25) is 0 Å². The first kappa shape index (κ1) is 12.7. The van der Waals surface area contributed by atoms with E-state index >= 15 is 0 Å². The molecule has 0 radical (unpaired) electrons. The van der Waals surface area contributed by atoms with E-state index in [0.717, 1.165) is 35.3 Å². The van der Waals surface area contributed by atoms with Gasteiger partial charge in [0.15, 0.2) is 0 Å². The maximum absolute atomic E-state index is 13.8. The van der Waals surface area contributed by atoms with Crippen molar-refractivity contribution in [3.8, 4) is 0 Å². The van der Waals surface area contributed by atoms with E-state index < -0.39 is 0 Å². The number of aliphatic imine (C=N–C) groups is 1. The highest BCUT2D eigenvalue weighted by Crippen LogP contribution is 2.22. The van der Waals surface area contributed by atoms with Crippen molar-refractivity contribution in [3.05, 3.63) is 58.9 Å². The number of allylic oxidation sites excluding steroid dienone is 1. The van der Waals surface area contributed by atoms with Crippen LogP contribution in [0.4, 0.5) is 4.39 Å². The van der Waals surface area contributed by atoms with Crippen molar-refractivity contribution in [2.24, 2.45) is 4.99 Å². The minimum absolute atomic E-state index is 0.203. The molecular formula is C16H18FN. The number of hydrogen-bond donors (Lipinski definition) is 0. The van der Waals surface area contributed by atoms with Gasteiger partial charge in [0.25, 0.3) is 0 Å². The van der Waals surface area contributed by atoms with E-state index in [-0.39, 0.29) is 5.82 Å². The topological polar surface area (TPSA) is 12.4 Å². The Morgan fingerprint density at radius 1 is 1.39 bits per heavy atom. The molecule has 0 amide bonds. The predicted molar refractivity (Wildman–Crippen MR) is 74.7 cm³/mol. The fourth-order valence-corrected chi connectivity index (χ4v) is 2.02. The van der Waals surface area contributed by atoms with Gasteiger partial charge >= 0.3 is 0 Å². The lowest BCUT2D eigenvalue weighted by Crippen LogP contribution is -2.00. The fourth-order valence-electron chi connectivity index (χ4n) is 2.02. The van der Waals surface area contributed by atoms with Gasteiger partial charge in [-0.25, -0.2) is 4.39 Å². The largest absolute Gasteiger partial charge is 0.280 e. The third kappa shape index (κ3) is 2.42. The summed E-state index contributed by atoms with van der Waals surface area (Å²) in [6.45, 7) is 8.76. The van der Waals surface area contributed by atoms with Crippen LogP contribution in [0, 0.1) is 5.82 Å². The van der Waals surface area contributed by atoms with Gasteiger partial charge in [-0.15, -0.1) is 0 Å².